The molecule has 7 nitrogen and oxygen atoms in total. The van der Waals surface area contributed by atoms with E-state index in [2.05, 4.69) is 20.8 Å². The number of rotatable bonds is 7. The van der Waals surface area contributed by atoms with Crippen LogP contribution in [0, 0.1) is 6.92 Å². The first-order valence-electron chi connectivity index (χ1n) is 7.16. The largest absolute Gasteiger partial charge is 0.360 e. The van der Waals surface area contributed by atoms with Crippen LogP contribution in [0.3, 0.4) is 0 Å². The number of amides is 2. The lowest BCUT2D eigenvalue weighted by Crippen LogP contribution is -2.18. The second kappa shape index (κ2) is 7.14. The normalized spacial score (nSPS) is 13.8. The van der Waals surface area contributed by atoms with Gasteiger partial charge in [0, 0.05) is 17.4 Å². The van der Waals surface area contributed by atoms with Crippen molar-refractivity contribution in [2.24, 2.45) is 0 Å². The van der Waals surface area contributed by atoms with Crippen LogP contribution in [0.4, 0.5) is 10.9 Å². The number of thiazole rings is 1. The Kier molecular flexibility index (Phi) is 4.97. The molecule has 0 spiro atoms. The van der Waals surface area contributed by atoms with Gasteiger partial charge >= 0.3 is 0 Å². The Balaban J connectivity index is 1.35. The van der Waals surface area contributed by atoms with Gasteiger partial charge in [-0.15, -0.1) is 23.1 Å². The summed E-state index contributed by atoms with van der Waals surface area (Å²) in [5, 5.41) is 11.7. The minimum Gasteiger partial charge on any atom is -0.360 e. The van der Waals surface area contributed by atoms with Gasteiger partial charge in [0.15, 0.2) is 10.9 Å². The number of hydrogen-bond acceptors (Lipinski definition) is 7. The van der Waals surface area contributed by atoms with Crippen molar-refractivity contribution in [1.82, 2.24) is 10.1 Å². The summed E-state index contributed by atoms with van der Waals surface area (Å²) >= 11 is 2.67. The molecule has 1 aliphatic carbocycles. The van der Waals surface area contributed by atoms with Gasteiger partial charge in [-0.2, -0.15) is 0 Å². The second-order valence-electron chi connectivity index (χ2n) is 5.26. The van der Waals surface area contributed by atoms with Crippen LogP contribution in [0.25, 0.3) is 0 Å². The summed E-state index contributed by atoms with van der Waals surface area (Å²) in [7, 11) is 0. The van der Waals surface area contributed by atoms with Crippen LogP contribution in [-0.4, -0.2) is 33.5 Å². The van der Waals surface area contributed by atoms with Crippen LogP contribution in [0.1, 0.15) is 30.2 Å². The van der Waals surface area contributed by atoms with Crippen LogP contribution >= 0.6 is 23.1 Å². The van der Waals surface area contributed by atoms with E-state index in [1.165, 1.54) is 35.9 Å². The van der Waals surface area contributed by atoms with Gasteiger partial charge < -0.3 is 15.2 Å². The first-order valence-corrected chi connectivity index (χ1v) is 9.20. The summed E-state index contributed by atoms with van der Waals surface area (Å²) in [6.45, 7) is 1.75. The van der Waals surface area contributed by atoms with Crippen molar-refractivity contribution in [1.29, 1.82) is 0 Å². The fourth-order valence-corrected chi connectivity index (χ4v) is 3.33. The Morgan fingerprint density at radius 3 is 2.74 bits per heavy atom. The van der Waals surface area contributed by atoms with Gasteiger partial charge in [-0.25, -0.2) is 4.98 Å². The van der Waals surface area contributed by atoms with Gasteiger partial charge in [-0.1, -0.05) is 5.16 Å². The predicted molar refractivity (Wildman–Crippen MR) is 89.9 cm³/mol. The standard InChI is InChI=1S/C14H16N4O3S2/c1-8-4-11(18-21-8)16-12(19)6-22-7-13(20)17-14-15-10(5-23-14)9-2-3-9/h4-5,9H,2-3,6-7H2,1H3,(H,15,17,20)(H,16,18,19). The van der Waals surface area contributed by atoms with Crippen LogP contribution in [-0.2, 0) is 9.59 Å². The van der Waals surface area contributed by atoms with Crippen molar-refractivity contribution in [2.45, 2.75) is 25.7 Å². The molecule has 0 saturated heterocycles. The first-order chi connectivity index (χ1) is 11.1. The van der Waals surface area contributed by atoms with E-state index in [9.17, 15) is 9.59 Å². The van der Waals surface area contributed by atoms with Gasteiger partial charge in [-0.05, 0) is 19.8 Å². The summed E-state index contributed by atoms with van der Waals surface area (Å²) in [6, 6.07) is 1.63. The molecule has 0 unspecified atom stereocenters. The highest BCUT2D eigenvalue weighted by Crippen LogP contribution is 2.40. The lowest BCUT2D eigenvalue weighted by molar-refractivity contribution is -0.114. The van der Waals surface area contributed by atoms with Crippen molar-refractivity contribution >= 4 is 45.9 Å². The molecule has 0 bridgehead atoms. The third kappa shape index (κ3) is 4.80. The average Bonchev–Trinajstić information content (AvgIpc) is 3.12. The number of aromatic nitrogens is 2. The van der Waals surface area contributed by atoms with Crippen molar-refractivity contribution in [3.63, 3.8) is 0 Å². The number of nitrogens with one attached hydrogen (secondary N) is 2. The lowest BCUT2D eigenvalue weighted by atomic mass is 10.3. The number of carbonyl (C=O) groups is 2. The van der Waals surface area contributed by atoms with E-state index >= 15 is 0 Å². The van der Waals surface area contributed by atoms with Gasteiger partial charge in [0.2, 0.25) is 11.8 Å². The number of thioether (sulfide) groups is 1. The number of aryl methyl sites for hydroxylation is 1. The molecule has 1 fully saturated rings. The number of anilines is 2. The van der Waals surface area contributed by atoms with E-state index < -0.39 is 0 Å². The first kappa shape index (κ1) is 16.0. The van der Waals surface area contributed by atoms with Gasteiger partial charge in [0.05, 0.1) is 17.2 Å². The topological polar surface area (TPSA) is 97.1 Å². The predicted octanol–water partition coefficient (Wildman–Crippen LogP) is 2.63. The number of hydrogen-bond donors (Lipinski definition) is 2. The Morgan fingerprint density at radius 2 is 2.09 bits per heavy atom. The maximum Gasteiger partial charge on any atom is 0.236 e. The fraction of sp³-hybridized carbons (Fsp3) is 0.429. The highest BCUT2D eigenvalue weighted by atomic mass is 32.2. The molecule has 0 atom stereocenters. The Labute approximate surface area is 141 Å². The van der Waals surface area contributed by atoms with E-state index in [0.29, 0.717) is 22.6 Å². The van der Waals surface area contributed by atoms with Gasteiger partial charge in [-0.3, -0.25) is 9.59 Å². The number of carbonyl (C=O) groups excluding carboxylic acids is 2. The minimum atomic E-state index is -0.221. The fourth-order valence-electron chi connectivity index (χ4n) is 1.91. The van der Waals surface area contributed by atoms with E-state index in [4.69, 9.17) is 4.52 Å². The minimum absolute atomic E-state index is 0.156. The van der Waals surface area contributed by atoms with E-state index in [0.717, 1.165) is 5.69 Å². The molecule has 0 aliphatic heterocycles. The molecule has 2 N–H and O–H groups in total. The van der Waals surface area contributed by atoms with Crippen molar-refractivity contribution in [2.75, 3.05) is 22.1 Å². The summed E-state index contributed by atoms with van der Waals surface area (Å²) in [5.41, 5.74) is 1.07. The molecule has 23 heavy (non-hydrogen) atoms. The highest BCUT2D eigenvalue weighted by molar-refractivity contribution is 8.00. The molecule has 122 valence electrons. The monoisotopic (exact) mass is 352 g/mol. The molecule has 2 aromatic rings. The quantitative estimate of drug-likeness (QED) is 0.795. The smallest absolute Gasteiger partial charge is 0.236 e. The molecule has 1 aliphatic rings. The molecule has 1 saturated carbocycles. The third-order valence-corrected chi connectivity index (χ3v) is 4.83. The summed E-state index contributed by atoms with van der Waals surface area (Å²) in [4.78, 5) is 27.9. The average molecular weight is 352 g/mol. The molecule has 0 radical (unpaired) electrons. The zero-order valence-corrected chi connectivity index (χ0v) is 14.1. The van der Waals surface area contributed by atoms with Crippen molar-refractivity contribution < 1.29 is 14.1 Å². The van der Waals surface area contributed by atoms with Crippen LogP contribution in [0.2, 0.25) is 0 Å². The third-order valence-electron chi connectivity index (χ3n) is 3.13. The SMILES string of the molecule is Cc1cc(NC(=O)CSCC(=O)Nc2nc(C3CC3)cs2)no1. The maximum absolute atomic E-state index is 11.8. The summed E-state index contributed by atoms with van der Waals surface area (Å²) in [5.74, 6) is 1.58. The van der Waals surface area contributed by atoms with Crippen LogP contribution < -0.4 is 10.6 Å². The molecule has 2 heterocycles. The van der Waals surface area contributed by atoms with Crippen LogP contribution in [0.15, 0.2) is 16.0 Å². The zero-order valence-electron chi connectivity index (χ0n) is 12.5. The Morgan fingerprint density at radius 1 is 1.35 bits per heavy atom. The van der Waals surface area contributed by atoms with Gasteiger partial charge in [0.25, 0.3) is 0 Å². The molecular weight excluding hydrogens is 336 g/mol. The van der Waals surface area contributed by atoms with Gasteiger partial charge in [0.1, 0.15) is 5.76 Å². The molecule has 2 amide bonds. The maximum atomic E-state index is 11.8. The second-order valence-corrected chi connectivity index (χ2v) is 7.11. The van der Waals surface area contributed by atoms with Crippen molar-refractivity contribution in [3.05, 3.63) is 22.9 Å². The molecular formula is C14H16N4O3S2. The molecule has 2 aromatic heterocycles. The molecule has 9 heteroatoms. The van der Waals surface area contributed by atoms with E-state index in [1.54, 1.807) is 13.0 Å². The summed E-state index contributed by atoms with van der Waals surface area (Å²) < 4.78 is 4.86. The summed E-state index contributed by atoms with van der Waals surface area (Å²) in [6.07, 6.45) is 2.38. The van der Waals surface area contributed by atoms with E-state index in [-0.39, 0.29) is 23.3 Å². The van der Waals surface area contributed by atoms with E-state index in [1.807, 2.05) is 5.38 Å². The zero-order chi connectivity index (χ0) is 16.2. The molecule has 0 aromatic carbocycles. The molecule has 3 rings (SSSR count). The van der Waals surface area contributed by atoms with Crippen molar-refractivity contribution in [3.8, 4) is 0 Å². The number of nitrogens with zero attached hydrogens (tertiary/aromatic N) is 2. The lowest BCUT2D eigenvalue weighted by Gasteiger charge is -2.02. The Hall–Kier alpha value is -1.87. The Bertz CT molecular complexity index is 708. The van der Waals surface area contributed by atoms with Crippen LogP contribution in [0.5, 0.6) is 0 Å². The highest BCUT2D eigenvalue weighted by Gasteiger charge is 2.26.